The Bertz CT molecular complexity index is 1130. The van der Waals surface area contributed by atoms with Gasteiger partial charge in [-0.05, 0) is 59.3 Å². The zero-order chi connectivity index (χ0) is 23.4. The van der Waals surface area contributed by atoms with Gasteiger partial charge in [-0.3, -0.25) is 9.59 Å². The summed E-state index contributed by atoms with van der Waals surface area (Å²) in [5.41, 5.74) is 2.42. The average molecular weight is 531 g/mol. The summed E-state index contributed by atoms with van der Waals surface area (Å²) >= 11 is 5.07. The third-order valence-electron chi connectivity index (χ3n) is 5.72. The Morgan fingerprint density at radius 2 is 2.00 bits per heavy atom. The maximum absolute atomic E-state index is 13.6. The predicted molar refractivity (Wildman–Crippen MR) is 130 cm³/mol. The molecule has 2 amide bonds. The van der Waals surface area contributed by atoms with Gasteiger partial charge in [-0.2, -0.15) is 0 Å². The van der Waals surface area contributed by atoms with Crippen molar-refractivity contribution in [2.24, 2.45) is 0 Å². The molecule has 0 saturated carbocycles. The zero-order valence-corrected chi connectivity index (χ0v) is 20.6. The van der Waals surface area contributed by atoms with E-state index in [4.69, 9.17) is 4.74 Å². The van der Waals surface area contributed by atoms with E-state index < -0.39 is 0 Å². The third kappa shape index (κ3) is 5.34. The van der Waals surface area contributed by atoms with Crippen LogP contribution in [-0.2, 0) is 16.0 Å². The molecule has 8 heteroatoms. The normalized spacial score (nSPS) is 15.2. The van der Waals surface area contributed by atoms with Gasteiger partial charge in [0.2, 0.25) is 5.91 Å². The summed E-state index contributed by atoms with van der Waals surface area (Å²) in [6.07, 6.45) is 0.758. The van der Waals surface area contributed by atoms with Crippen molar-refractivity contribution in [3.63, 3.8) is 0 Å². The van der Waals surface area contributed by atoms with Crippen LogP contribution in [0.25, 0.3) is 0 Å². The third-order valence-corrected chi connectivity index (χ3v) is 7.21. The summed E-state index contributed by atoms with van der Waals surface area (Å²) in [6.45, 7) is 1.10. The van der Waals surface area contributed by atoms with E-state index in [9.17, 15) is 14.0 Å². The minimum absolute atomic E-state index is 0.0636. The highest BCUT2D eigenvalue weighted by molar-refractivity contribution is 9.10. The topological polar surface area (TPSA) is 49.9 Å². The smallest absolute Gasteiger partial charge is 0.254 e. The zero-order valence-electron chi connectivity index (χ0n) is 18.2. The van der Waals surface area contributed by atoms with Crippen molar-refractivity contribution in [1.82, 2.24) is 9.80 Å². The number of carbonyl (C=O) groups excluding carboxylic acids is 2. The van der Waals surface area contributed by atoms with E-state index >= 15 is 0 Å². The first-order valence-corrected chi connectivity index (χ1v) is 12.3. The SMILES string of the molecule is COCCN(CC(=O)N1CCc2sccc2C1c1ccc(F)cc1)C(=O)c1cccc(Br)c1. The van der Waals surface area contributed by atoms with Crippen LogP contribution in [0.4, 0.5) is 4.39 Å². The molecule has 0 N–H and O–H groups in total. The number of rotatable bonds is 7. The molecule has 33 heavy (non-hydrogen) atoms. The van der Waals surface area contributed by atoms with Gasteiger partial charge in [0, 0.05) is 35.1 Å². The van der Waals surface area contributed by atoms with E-state index in [1.165, 1.54) is 21.9 Å². The van der Waals surface area contributed by atoms with Crippen LogP contribution in [0, 0.1) is 5.82 Å². The number of benzene rings is 2. The Hall–Kier alpha value is -2.55. The first-order valence-electron chi connectivity index (χ1n) is 10.6. The summed E-state index contributed by atoms with van der Waals surface area (Å²) in [5, 5.41) is 2.02. The molecule has 1 unspecified atom stereocenters. The molecule has 5 nitrogen and oxygen atoms in total. The Labute approximate surface area is 204 Å². The molecule has 0 saturated heterocycles. The van der Waals surface area contributed by atoms with Crippen molar-refractivity contribution < 1.29 is 18.7 Å². The summed E-state index contributed by atoms with van der Waals surface area (Å²) in [5.74, 6) is -0.697. The lowest BCUT2D eigenvalue weighted by atomic mass is 9.93. The van der Waals surface area contributed by atoms with Gasteiger partial charge in [0.1, 0.15) is 12.4 Å². The molecule has 3 aromatic rings. The molecule has 0 spiro atoms. The van der Waals surface area contributed by atoms with E-state index in [2.05, 4.69) is 15.9 Å². The van der Waals surface area contributed by atoms with Crippen LogP contribution < -0.4 is 0 Å². The standard InChI is InChI=1S/C25H24BrFN2O3S/c1-32-13-12-28(25(31)18-3-2-4-19(26)15-18)16-23(30)29-11-9-22-21(10-14-33-22)24(29)17-5-7-20(27)8-6-17/h2-8,10,14-15,24H,9,11-13,16H2,1H3. The average Bonchev–Trinajstić information content (AvgIpc) is 3.30. The number of amides is 2. The minimum Gasteiger partial charge on any atom is -0.383 e. The van der Waals surface area contributed by atoms with Gasteiger partial charge in [-0.15, -0.1) is 11.3 Å². The lowest BCUT2D eigenvalue weighted by Crippen LogP contribution is -2.47. The van der Waals surface area contributed by atoms with Crippen molar-refractivity contribution >= 4 is 39.1 Å². The van der Waals surface area contributed by atoms with Gasteiger partial charge in [0.05, 0.1) is 12.6 Å². The maximum Gasteiger partial charge on any atom is 0.254 e. The predicted octanol–water partition coefficient (Wildman–Crippen LogP) is 4.91. The second-order valence-electron chi connectivity index (χ2n) is 7.82. The molecule has 2 aromatic carbocycles. The summed E-state index contributed by atoms with van der Waals surface area (Å²) in [6, 6.07) is 15.1. The highest BCUT2D eigenvalue weighted by Gasteiger charge is 2.34. The molecular weight excluding hydrogens is 507 g/mol. The Balaban J connectivity index is 1.61. The second kappa shape index (κ2) is 10.6. The molecular formula is C25H24BrFN2O3S. The number of hydrogen-bond acceptors (Lipinski definition) is 4. The fraction of sp³-hybridized carbons (Fsp3) is 0.280. The molecule has 1 aliphatic rings. The Morgan fingerprint density at radius 1 is 1.21 bits per heavy atom. The Kier molecular flexibility index (Phi) is 7.57. The summed E-state index contributed by atoms with van der Waals surface area (Å²) in [4.78, 5) is 31.3. The number of fused-ring (bicyclic) bond motifs is 1. The number of nitrogens with zero attached hydrogens (tertiary/aromatic N) is 2. The Morgan fingerprint density at radius 3 is 2.73 bits per heavy atom. The first-order chi connectivity index (χ1) is 16.0. The van der Waals surface area contributed by atoms with Crippen molar-refractivity contribution in [1.29, 1.82) is 0 Å². The van der Waals surface area contributed by atoms with Crippen LogP contribution in [0.15, 0.2) is 64.5 Å². The molecule has 1 aromatic heterocycles. The van der Waals surface area contributed by atoms with Crippen molar-refractivity contribution in [2.45, 2.75) is 12.5 Å². The van der Waals surface area contributed by atoms with Crippen molar-refractivity contribution in [2.75, 3.05) is 33.4 Å². The number of carbonyl (C=O) groups is 2. The van der Waals surface area contributed by atoms with Gasteiger partial charge in [0.25, 0.3) is 5.91 Å². The quantitative estimate of drug-likeness (QED) is 0.436. The highest BCUT2D eigenvalue weighted by Crippen LogP contribution is 2.38. The van der Waals surface area contributed by atoms with Crippen LogP contribution in [0.1, 0.15) is 32.4 Å². The number of thiophene rings is 1. The largest absolute Gasteiger partial charge is 0.383 e. The van der Waals surface area contributed by atoms with Crippen LogP contribution in [-0.4, -0.2) is 55.0 Å². The van der Waals surface area contributed by atoms with Gasteiger partial charge >= 0.3 is 0 Å². The fourth-order valence-corrected chi connectivity index (χ4v) is 5.40. The molecule has 4 rings (SSSR count). The van der Waals surface area contributed by atoms with E-state index in [0.717, 1.165) is 22.0 Å². The van der Waals surface area contributed by atoms with E-state index in [1.807, 2.05) is 17.5 Å². The number of methoxy groups -OCH3 is 1. The summed E-state index contributed by atoms with van der Waals surface area (Å²) < 4.78 is 19.6. The fourth-order valence-electron chi connectivity index (χ4n) is 4.10. The van der Waals surface area contributed by atoms with E-state index in [-0.39, 0.29) is 30.2 Å². The monoisotopic (exact) mass is 530 g/mol. The molecule has 0 fully saturated rings. The van der Waals surface area contributed by atoms with E-state index in [0.29, 0.717) is 25.3 Å². The molecule has 0 bridgehead atoms. The molecule has 1 aliphatic heterocycles. The van der Waals surface area contributed by atoms with Crippen molar-refractivity contribution in [3.05, 3.63) is 91.8 Å². The minimum atomic E-state index is -0.316. The lowest BCUT2D eigenvalue weighted by molar-refractivity contribution is -0.134. The molecule has 1 atom stereocenters. The van der Waals surface area contributed by atoms with Gasteiger partial charge < -0.3 is 14.5 Å². The first kappa shape index (κ1) is 23.6. The maximum atomic E-state index is 13.6. The lowest BCUT2D eigenvalue weighted by Gasteiger charge is -2.37. The van der Waals surface area contributed by atoms with Gasteiger partial charge in [-0.25, -0.2) is 4.39 Å². The van der Waals surface area contributed by atoms with E-state index in [1.54, 1.807) is 53.7 Å². The number of hydrogen-bond donors (Lipinski definition) is 0. The van der Waals surface area contributed by atoms with Crippen molar-refractivity contribution in [3.8, 4) is 0 Å². The molecule has 172 valence electrons. The summed E-state index contributed by atoms with van der Waals surface area (Å²) in [7, 11) is 1.57. The molecule has 2 heterocycles. The molecule has 0 aliphatic carbocycles. The van der Waals surface area contributed by atoms with Crippen LogP contribution in [0.5, 0.6) is 0 Å². The second-order valence-corrected chi connectivity index (χ2v) is 9.74. The van der Waals surface area contributed by atoms with Gasteiger partial charge in [-0.1, -0.05) is 34.1 Å². The highest BCUT2D eigenvalue weighted by atomic mass is 79.9. The van der Waals surface area contributed by atoms with Crippen LogP contribution in [0.2, 0.25) is 0 Å². The van der Waals surface area contributed by atoms with Gasteiger partial charge in [0.15, 0.2) is 0 Å². The molecule has 0 radical (unpaired) electrons. The number of ether oxygens (including phenoxy) is 1. The number of halogens is 2. The van der Waals surface area contributed by atoms with Crippen LogP contribution >= 0.6 is 27.3 Å². The van der Waals surface area contributed by atoms with Crippen LogP contribution in [0.3, 0.4) is 0 Å².